The van der Waals surface area contributed by atoms with Crippen molar-refractivity contribution in [2.45, 2.75) is 25.4 Å². The fourth-order valence-electron chi connectivity index (χ4n) is 4.36. The van der Waals surface area contributed by atoms with Crippen molar-refractivity contribution in [3.05, 3.63) is 83.0 Å². The molecule has 0 radical (unpaired) electrons. The van der Waals surface area contributed by atoms with Crippen molar-refractivity contribution in [2.24, 2.45) is 7.05 Å². The minimum Gasteiger partial charge on any atom is -0.435 e. The first-order valence-corrected chi connectivity index (χ1v) is 11.0. The topological polar surface area (TPSA) is 61.4 Å². The summed E-state index contributed by atoms with van der Waals surface area (Å²) in [5.41, 5.74) is 4.48. The van der Waals surface area contributed by atoms with Crippen LogP contribution >= 0.6 is 0 Å². The highest BCUT2D eigenvalue weighted by Gasteiger charge is 2.26. The van der Waals surface area contributed by atoms with Gasteiger partial charge >= 0.3 is 6.61 Å². The summed E-state index contributed by atoms with van der Waals surface area (Å²) in [6, 6.07) is 13.8. The Balaban J connectivity index is 1.57. The SMILES string of the molecule is Cn1cc2cc(-c3cn4ccc(C5CC5)nc4c(-c4ccc(OC(F)F)cc4)c3=O)ccc2n1. The number of hydrogen-bond acceptors (Lipinski definition) is 4. The summed E-state index contributed by atoms with van der Waals surface area (Å²) in [5.74, 6) is 0.454. The van der Waals surface area contributed by atoms with E-state index < -0.39 is 6.61 Å². The van der Waals surface area contributed by atoms with E-state index in [0.717, 1.165) is 35.0 Å². The number of hydrogen-bond donors (Lipinski definition) is 0. The molecule has 0 aliphatic heterocycles. The molecule has 0 N–H and O–H groups in total. The third kappa shape index (κ3) is 3.61. The van der Waals surface area contributed by atoms with Gasteiger partial charge in [0, 0.05) is 48.2 Å². The summed E-state index contributed by atoms with van der Waals surface area (Å²) in [5, 5.41) is 5.34. The molecule has 5 aromatic rings. The van der Waals surface area contributed by atoms with Crippen molar-refractivity contribution < 1.29 is 13.5 Å². The molecule has 3 aromatic heterocycles. The zero-order valence-corrected chi connectivity index (χ0v) is 18.3. The fraction of sp³-hybridized carbons (Fsp3) is 0.192. The summed E-state index contributed by atoms with van der Waals surface area (Å²) in [6.45, 7) is -2.91. The lowest BCUT2D eigenvalue weighted by molar-refractivity contribution is -0.0498. The molecule has 1 aliphatic carbocycles. The van der Waals surface area contributed by atoms with Crippen LogP contribution < -0.4 is 10.2 Å². The summed E-state index contributed by atoms with van der Waals surface area (Å²) in [6.07, 6.45) is 7.82. The van der Waals surface area contributed by atoms with Crippen molar-refractivity contribution in [2.75, 3.05) is 0 Å². The number of ether oxygens (including phenoxy) is 1. The van der Waals surface area contributed by atoms with Gasteiger partial charge in [0.05, 0.1) is 11.1 Å². The molecule has 8 heteroatoms. The minimum absolute atomic E-state index is 0.0352. The monoisotopic (exact) mass is 458 g/mol. The number of fused-ring (bicyclic) bond motifs is 2. The summed E-state index contributed by atoms with van der Waals surface area (Å²) < 4.78 is 33.3. The second-order valence-corrected chi connectivity index (χ2v) is 8.58. The van der Waals surface area contributed by atoms with Crippen molar-refractivity contribution in [3.8, 4) is 28.0 Å². The van der Waals surface area contributed by atoms with E-state index in [1.165, 1.54) is 12.1 Å². The van der Waals surface area contributed by atoms with E-state index in [4.69, 9.17) is 4.98 Å². The van der Waals surface area contributed by atoms with Gasteiger partial charge in [-0.2, -0.15) is 13.9 Å². The van der Waals surface area contributed by atoms with Crippen LogP contribution in [0.3, 0.4) is 0 Å². The van der Waals surface area contributed by atoms with E-state index in [1.54, 1.807) is 23.0 Å². The lowest BCUT2D eigenvalue weighted by Gasteiger charge is -2.13. The van der Waals surface area contributed by atoms with Gasteiger partial charge in [0.2, 0.25) is 0 Å². The van der Waals surface area contributed by atoms with Crippen LogP contribution in [0, 0.1) is 0 Å². The highest BCUT2D eigenvalue weighted by Crippen LogP contribution is 2.39. The Morgan fingerprint density at radius 3 is 2.53 bits per heavy atom. The first-order chi connectivity index (χ1) is 16.5. The van der Waals surface area contributed by atoms with Crippen LogP contribution in [0.15, 0.2) is 71.9 Å². The summed E-state index contributed by atoms with van der Waals surface area (Å²) >= 11 is 0. The Bertz CT molecular complexity index is 1600. The number of nitrogens with zero attached hydrogens (tertiary/aromatic N) is 4. The number of pyridine rings is 1. The highest BCUT2D eigenvalue weighted by molar-refractivity contribution is 5.87. The van der Waals surface area contributed by atoms with Crippen molar-refractivity contribution >= 4 is 16.6 Å². The number of alkyl halides is 2. The number of rotatable bonds is 5. The first-order valence-electron chi connectivity index (χ1n) is 11.0. The molecular weight excluding hydrogens is 438 g/mol. The molecular formula is C26H20F2N4O2. The maximum atomic E-state index is 13.9. The molecule has 34 heavy (non-hydrogen) atoms. The third-order valence-corrected chi connectivity index (χ3v) is 6.14. The zero-order valence-electron chi connectivity index (χ0n) is 18.3. The van der Waals surface area contributed by atoms with Crippen LogP contribution in [0.2, 0.25) is 0 Å². The number of halogens is 2. The summed E-state index contributed by atoms with van der Waals surface area (Å²) in [7, 11) is 1.85. The van der Waals surface area contributed by atoms with Crippen molar-refractivity contribution in [1.82, 2.24) is 19.2 Å². The first kappa shape index (κ1) is 20.5. The van der Waals surface area contributed by atoms with Gasteiger partial charge < -0.3 is 9.14 Å². The molecule has 6 nitrogen and oxygen atoms in total. The Labute approximate surface area is 193 Å². The standard InChI is InChI=1S/C26H20F2N4O2/c1-31-13-18-12-17(6-9-22(18)30-31)20-14-32-11-10-21(15-2-3-15)29-25(32)23(24(20)33)16-4-7-19(8-5-16)34-26(27)28/h4-15,26H,2-3H2,1H3. The average molecular weight is 458 g/mol. The van der Waals surface area contributed by atoms with Gasteiger partial charge in [0.15, 0.2) is 5.43 Å². The lowest BCUT2D eigenvalue weighted by Crippen LogP contribution is -2.13. The molecule has 2 aromatic carbocycles. The van der Waals surface area contributed by atoms with Crippen molar-refractivity contribution in [3.63, 3.8) is 0 Å². The molecule has 0 saturated heterocycles. The second-order valence-electron chi connectivity index (χ2n) is 8.58. The molecule has 0 spiro atoms. The molecule has 0 unspecified atom stereocenters. The third-order valence-electron chi connectivity index (χ3n) is 6.14. The zero-order chi connectivity index (χ0) is 23.4. The molecule has 170 valence electrons. The molecule has 1 aliphatic rings. The molecule has 0 atom stereocenters. The van der Waals surface area contributed by atoms with Gasteiger partial charge in [0.25, 0.3) is 0 Å². The Morgan fingerprint density at radius 2 is 1.79 bits per heavy atom. The number of benzene rings is 2. The Hall–Kier alpha value is -4.07. The lowest BCUT2D eigenvalue weighted by atomic mass is 9.99. The van der Waals surface area contributed by atoms with Gasteiger partial charge in [-0.05, 0) is 54.3 Å². The van der Waals surface area contributed by atoms with Crippen LogP contribution in [-0.2, 0) is 7.05 Å². The number of aromatic nitrogens is 4. The molecule has 0 bridgehead atoms. The Kier molecular flexibility index (Phi) is 4.69. The van der Waals surface area contributed by atoms with E-state index in [2.05, 4.69) is 9.84 Å². The van der Waals surface area contributed by atoms with Crippen LogP contribution in [0.1, 0.15) is 24.5 Å². The van der Waals surface area contributed by atoms with Crippen LogP contribution in [0.4, 0.5) is 8.78 Å². The molecule has 6 rings (SSSR count). The average Bonchev–Trinajstić information content (AvgIpc) is 3.59. The molecule has 1 fully saturated rings. The molecule has 1 saturated carbocycles. The predicted octanol–water partition coefficient (Wildman–Crippen LogP) is 5.39. The molecule has 0 amide bonds. The van der Waals surface area contributed by atoms with Gasteiger partial charge in [-0.3, -0.25) is 9.48 Å². The van der Waals surface area contributed by atoms with Crippen molar-refractivity contribution in [1.29, 1.82) is 0 Å². The predicted molar refractivity (Wildman–Crippen MR) is 125 cm³/mol. The van der Waals surface area contributed by atoms with E-state index in [1.807, 2.05) is 48.1 Å². The fourth-order valence-corrected chi connectivity index (χ4v) is 4.36. The largest absolute Gasteiger partial charge is 0.435 e. The Morgan fingerprint density at radius 1 is 1.03 bits per heavy atom. The normalized spacial score (nSPS) is 13.8. The van der Waals surface area contributed by atoms with E-state index in [-0.39, 0.29) is 11.2 Å². The highest BCUT2D eigenvalue weighted by atomic mass is 19.3. The van der Waals surface area contributed by atoms with Gasteiger partial charge in [-0.1, -0.05) is 18.2 Å². The second kappa shape index (κ2) is 7.76. The quantitative estimate of drug-likeness (QED) is 0.354. The van der Waals surface area contributed by atoms with Crippen LogP contribution in [0.25, 0.3) is 38.8 Å². The van der Waals surface area contributed by atoms with Gasteiger partial charge in [0.1, 0.15) is 11.4 Å². The van der Waals surface area contributed by atoms with E-state index >= 15 is 0 Å². The maximum Gasteiger partial charge on any atom is 0.387 e. The number of aryl methyl sites for hydroxylation is 1. The van der Waals surface area contributed by atoms with Crippen LogP contribution in [-0.4, -0.2) is 25.8 Å². The molecule has 3 heterocycles. The minimum atomic E-state index is -2.91. The maximum absolute atomic E-state index is 13.9. The van der Waals surface area contributed by atoms with E-state index in [9.17, 15) is 13.6 Å². The van der Waals surface area contributed by atoms with Crippen LogP contribution in [0.5, 0.6) is 5.75 Å². The van der Waals surface area contributed by atoms with Gasteiger partial charge in [-0.25, -0.2) is 4.98 Å². The van der Waals surface area contributed by atoms with Gasteiger partial charge in [-0.15, -0.1) is 0 Å². The van der Waals surface area contributed by atoms with E-state index in [0.29, 0.717) is 28.3 Å². The summed E-state index contributed by atoms with van der Waals surface area (Å²) in [4.78, 5) is 18.7. The smallest absolute Gasteiger partial charge is 0.387 e.